The Morgan fingerprint density at radius 3 is 2.89 bits per heavy atom. The molecular formula is C15H18N2O2. The molecule has 1 N–H and O–H groups in total. The number of pyridine rings is 1. The molecular weight excluding hydrogens is 240 g/mol. The first kappa shape index (κ1) is 12.2. The van der Waals surface area contributed by atoms with Crippen LogP contribution in [0, 0.1) is 0 Å². The number of furan rings is 1. The average Bonchev–Trinajstić information content (AvgIpc) is 3.13. The highest BCUT2D eigenvalue weighted by atomic mass is 16.3. The van der Waals surface area contributed by atoms with Crippen molar-refractivity contribution in [2.24, 2.45) is 0 Å². The first-order chi connectivity index (χ1) is 9.25. The molecule has 0 aromatic carbocycles. The number of hydrogen-bond acceptors (Lipinski definition) is 4. The van der Waals surface area contributed by atoms with Gasteiger partial charge in [-0.05, 0) is 38.0 Å². The summed E-state index contributed by atoms with van der Waals surface area (Å²) in [5.74, 6) is 1.80. The Morgan fingerprint density at radius 1 is 1.42 bits per heavy atom. The second-order valence-corrected chi connectivity index (χ2v) is 5.03. The fourth-order valence-corrected chi connectivity index (χ4v) is 2.31. The molecule has 0 saturated heterocycles. The van der Waals surface area contributed by atoms with E-state index in [1.807, 2.05) is 24.3 Å². The molecule has 0 bridgehead atoms. The zero-order chi connectivity index (χ0) is 13.2. The summed E-state index contributed by atoms with van der Waals surface area (Å²) in [4.78, 5) is 6.70. The van der Waals surface area contributed by atoms with E-state index >= 15 is 0 Å². The van der Waals surface area contributed by atoms with Crippen molar-refractivity contribution in [2.45, 2.75) is 38.5 Å². The fourth-order valence-electron chi connectivity index (χ4n) is 2.31. The lowest BCUT2D eigenvalue weighted by atomic mass is 10.1. The van der Waals surface area contributed by atoms with E-state index in [4.69, 9.17) is 4.42 Å². The van der Waals surface area contributed by atoms with E-state index < -0.39 is 6.10 Å². The Labute approximate surface area is 112 Å². The van der Waals surface area contributed by atoms with Gasteiger partial charge in [0, 0.05) is 17.8 Å². The topological polar surface area (TPSA) is 49.5 Å². The molecule has 0 unspecified atom stereocenters. The molecule has 1 fully saturated rings. The lowest BCUT2D eigenvalue weighted by Crippen LogP contribution is -2.27. The van der Waals surface area contributed by atoms with Crippen molar-refractivity contribution in [3.05, 3.63) is 48.0 Å². The summed E-state index contributed by atoms with van der Waals surface area (Å²) in [5, 5.41) is 9.89. The zero-order valence-corrected chi connectivity index (χ0v) is 11.0. The molecule has 0 radical (unpaired) electrons. The fraction of sp³-hybridized carbons (Fsp3) is 0.400. The van der Waals surface area contributed by atoms with E-state index in [1.54, 1.807) is 19.4 Å². The second-order valence-electron chi connectivity index (χ2n) is 5.03. The van der Waals surface area contributed by atoms with Crippen molar-refractivity contribution in [1.29, 1.82) is 0 Å². The predicted molar refractivity (Wildman–Crippen MR) is 72.8 cm³/mol. The highest BCUT2D eigenvalue weighted by Crippen LogP contribution is 2.35. The molecule has 2 aromatic heterocycles. The van der Waals surface area contributed by atoms with Gasteiger partial charge in [0.05, 0.1) is 18.9 Å². The van der Waals surface area contributed by atoms with Crippen LogP contribution in [-0.2, 0) is 6.54 Å². The minimum Gasteiger partial charge on any atom is -0.467 e. The van der Waals surface area contributed by atoms with Crippen molar-refractivity contribution in [1.82, 2.24) is 4.98 Å². The van der Waals surface area contributed by atoms with E-state index in [2.05, 4.69) is 9.88 Å². The lowest BCUT2D eigenvalue weighted by Gasteiger charge is -2.25. The maximum Gasteiger partial charge on any atom is 0.134 e. The summed E-state index contributed by atoms with van der Waals surface area (Å²) >= 11 is 0. The number of rotatable bonds is 5. The number of aliphatic hydroxyl groups excluding tert-OH is 1. The van der Waals surface area contributed by atoms with Gasteiger partial charge in [-0.3, -0.25) is 0 Å². The van der Waals surface area contributed by atoms with Gasteiger partial charge in [0.15, 0.2) is 0 Å². The van der Waals surface area contributed by atoms with E-state index in [0.29, 0.717) is 12.6 Å². The molecule has 3 rings (SSSR count). The van der Waals surface area contributed by atoms with Crippen LogP contribution in [0.5, 0.6) is 0 Å². The third-order valence-electron chi connectivity index (χ3n) is 3.43. The number of nitrogens with zero attached hydrogens (tertiary/aromatic N) is 2. The minimum absolute atomic E-state index is 0.512. The van der Waals surface area contributed by atoms with Crippen LogP contribution < -0.4 is 4.90 Å². The van der Waals surface area contributed by atoms with E-state index in [-0.39, 0.29) is 0 Å². The monoisotopic (exact) mass is 258 g/mol. The van der Waals surface area contributed by atoms with Crippen molar-refractivity contribution < 1.29 is 9.52 Å². The molecule has 1 saturated carbocycles. The number of hydrogen-bond donors (Lipinski definition) is 1. The molecule has 4 heteroatoms. The van der Waals surface area contributed by atoms with Gasteiger partial charge in [0.1, 0.15) is 11.6 Å². The highest BCUT2D eigenvalue weighted by molar-refractivity contribution is 5.50. The third-order valence-corrected chi connectivity index (χ3v) is 3.43. The maximum atomic E-state index is 9.89. The standard InChI is InChI=1S/C15H18N2O2/c1-11(18)14-5-2-8-16-15(14)17(12-6-7-12)10-13-4-3-9-19-13/h2-5,8-9,11-12,18H,6-7,10H2,1H3/t11-/m0/s1. The highest BCUT2D eigenvalue weighted by Gasteiger charge is 2.32. The molecule has 1 aliphatic carbocycles. The van der Waals surface area contributed by atoms with Crippen LogP contribution in [0.25, 0.3) is 0 Å². The van der Waals surface area contributed by atoms with Gasteiger partial charge < -0.3 is 14.4 Å². The maximum absolute atomic E-state index is 9.89. The van der Waals surface area contributed by atoms with Gasteiger partial charge in [-0.25, -0.2) is 4.98 Å². The van der Waals surface area contributed by atoms with Crippen LogP contribution in [0.4, 0.5) is 5.82 Å². The Hall–Kier alpha value is -1.81. The molecule has 1 atom stereocenters. The molecule has 2 heterocycles. The Morgan fingerprint density at radius 2 is 2.26 bits per heavy atom. The smallest absolute Gasteiger partial charge is 0.134 e. The first-order valence-corrected chi connectivity index (χ1v) is 6.67. The number of anilines is 1. The summed E-state index contributed by atoms with van der Waals surface area (Å²) in [7, 11) is 0. The van der Waals surface area contributed by atoms with Crippen LogP contribution >= 0.6 is 0 Å². The Balaban J connectivity index is 1.92. The predicted octanol–water partition coefficient (Wildman–Crippen LogP) is 2.90. The van der Waals surface area contributed by atoms with Crippen molar-refractivity contribution in [3.8, 4) is 0 Å². The van der Waals surface area contributed by atoms with Crippen LogP contribution in [0.15, 0.2) is 41.1 Å². The molecule has 0 aliphatic heterocycles. The van der Waals surface area contributed by atoms with Gasteiger partial charge in [0.25, 0.3) is 0 Å². The largest absolute Gasteiger partial charge is 0.467 e. The first-order valence-electron chi connectivity index (χ1n) is 6.67. The molecule has 1 aliphatic rings. The van der Waals surface area contributed by atoms with E-state index in [0.717, 1.165) is 17.1 Å². The van der Waals surface area contributed by atoms with Crippen molar-refractivity contribution >= 4 is 5.82 Å². The molecule has 0 spiro atoms. The number of aliphatic hydroxyl groups is 1. The quantitative estimate of drug-likeness (QED) is 0.896. The van der Waals surface area contributed by atoms with Gasteiger partial charge in [-0.1, -0.05) is 6.07 Å². The Bertz CT molecular complexity index is 533. The summed E-state index contributed by atoms with van der Waals surface area (Å²) in [6, 6.07) is 8.18. The number of aromatic nitrogens is 1. The summed E-state index contributed by atoms with van der Waals surface area (Å²) in [5.41, 5.74) is 0.876. The molecule has 100 valence electrons. The van der Waals surface area contributed by atoms with Crippen LogP contribution in [-0.4, -0.2) is 16.1 Å². The van der Waals surface area contributed by atoms with Crippen molar-refractivity contribution in [3.63, 3.8) is 0 Å². The van der Waals surface area contributed by atoms with Gasteiger partial charge in [-0.2, -0.15) is 0 Å². The van der Waals surface area contributed by atoms with Gasteiger partial charge in [0.2, 0.25) is 0 Å². The SMILES string of the molecule is C[C@H](O)c1cccnc1N(Cc1ccco1)C1CC1. The van der Waals surface area contributed by atoms with E-state index in [1.165, 1.54) is 12.8 Å². The van der Waals surface area contributed by atoms with Crippen LogP contribution in [0.1, 0.15) is 37.2 Å². The van der Waals surface area contributed by atoms with Crippen LogP contribution in [0.3, 0.4) is 0 Å². The van der Waals surface area contributed by atoms with E-state index in [9.17, 15) is 5.11 Å². The lowest BCUT2D eigenvalue weighted by molar-refractivity contribution is 0.199. The minimum atomic E-state index is -0.512. The summed E-state index contributed by atoms with van der Waals surface area (Å²) < 4.78 is 5.43. The Kier molecular flexibility index (Phi) is 3.25. The van der Waals surface area contributed by atoms with Crippen molar-refractivity contribution in [2.75, 3.05) is 4.90 Å². The zero-order valence-electron chi connectivity index (χ0n) is 11.0. The second kappa shape index (κ2) is 5.05. The molecule has 0 amide bonds. The molecule has 4 nitrogen and oxygen atoms in total. The third kappa shape index (κ3) is 2.63. The molecule has 19 heavy (non-hydrogen) atoms. The average molecular weight is 258 g/mol. The molecule has 2 aromatic rings. The van der Waals surface area contributed by atoms with Gasteiger partial charge in [-0.15, -0.1) is 0 Å². The normalized spacial score (nSPS) is 16.3. The van der Waals surface area contributed by atoms with Gasteiger partial charge >= 0.3 is 0 Å². The van der Waals surface area contributed by atoms with Crippen LogP contribution in [0.2, 0.25) is 0 Å². The summed E-state index contributed by atoms with van der Waals surface area (Å²) in [6.45, 7) is 2.48. The summed E-state index contributed by atoms with van der Waals surface area (Å²) in [6.07, 6.45) is 5.31.